The molecule has 3 N–H and O–H groups in total. The molecule has 0 saturated heterocycles. The molecule has 0 aliphatic rings. The summed E-state index contributed by atoms with van der Waals surface area (Å²) in [7, 11) is 0. The van der Waals surface area contributed by atoms with Crippen LogP contribution in [0, 0.1) is 0 Å². The minimum atomic E-state index is -0.222. The highest BCUT2D eigenvalue weighted by atomic mass is 16.5. The van der Waals surface area contributed by atoms with Crippen LogP contribution in [0.2, 0.25) is 0 Å². The van der Waals surface area contributed by atoms with Crippen molar-refractivity contribution in [1.29, 1.82) is 0 Å². The van der Waals surface area contributed by atoms with Gasteiger partial charge in [0.2, 0.25) is 0 Å². The summed E-state index contributed by atoms with van der Waals surface area (Å²) in [5, 5.41) is 6.94. The summed E-state index contributed by atoms with van der Waals surface area (Å²) in [6.45, 7) is 4.43. The maximum absolute atomic E-state index is 11.9. The van der Waals surface area contributed by atoms with Crippen LogP contribution < -0.4 is 15.8 Å². The molecule has 0 radical (unpaired) electrons. The summed E-state index contributed by atoms with van der Waals surface area (Å²) in [6, 6.07) is 9.29. The van der Waals surface area contributed by atoms with Crippen molar-refractivity contribution in [3.8, 4) is 5.75 Å². The molecule has 6 heteroatoms. The summed E-state index contributed by atoms with van der Waals surface area (Å²) < 4.78 is 7.18. The lowest BCUT2D eigenvalue weighted by Crippen LogP contribution is -2.22. The number of hydrogen-bond acceptors (Lipinski definition) is 4. The standard InChI is InChI=1S/C15H20N4O2/c1-11(2)19-14(7-8-17-19)18-15(20)10-21-13-5-3-12(9-16)4-6-13/h3-8,11H,9-10,16H2,1-2H3,(H,18,20). The fraction of sp³-hybridized carbons (Fsp3) is 0.333. The average Bonchev–Trinajstić information content (AvgIpc) is 2.94. The second-order valence-corrected chi connectivity index (χ2v) is 4.94. The van der Waals surface area contributed by atoms with Gasteiger partial charge in [-0.3, -0.25) is 4.79 Å². The van der Waals surface area contributed by atoms with Crippen LogP contribution in [0.15, 0.2) is 36.5 Å². The van der Waals surface area contributed by atoms with Gasteiger partial charge in [-0.05, 0) is 31.5 Å². The second kappa shape index (κ2) is 6.90. The third-order valence-corrected chi connectivity index (χ3v) is 2.96. The summed E-state index contributed by atoms with van der Waals surface area (Å²) in [6.07, 6.45) is 1.65. The van der Waals surface area contributed by atoms with E-state index in [-0.39, 0.29) is 18.6 Å². The van der Waals surface area contributed by atoms with E-state index >= 15 is 0 Å². The fourth-order valence-corrected chi connectivity index (χ4v) is 1.87. The lowest BCUT2D eigenvalue weighted by Gasteiger charge is -2.12. The Kier molecular flexibility index (Phi) is 4.94. The van der Waals surface area contributed by atoms with Crippen molar-refractivity contribution >= 4 is 11.7 Å². The first-order chi connectivity index (χ1) is 10.1. The van der Waals surface area contributed by atoms with E-state index in [0.717, 1.165) is 5.56 Å². The highest BCUT2D eigenvalue weighted by Gasteiger charge is 2.09. The largest absolute Gasteiger partial charge is 0.484 e. The van der Waals surface area contributed by atoms with E-state index < -0.39 is 0 Å². The SMILES string of the molecule is CC(C)n1nccc1NC(=O)COc1ccc(CN)cc1. The van der Waals surface area contributed by atoms with Gasteiger partial charge in [0.25, 0.3) is 5.91 Å². The Hall–Kier alpha value is -2.34. The molecule has 0 aliphatic carbocycles. The van der Waals surface area contributed by atoms with Gasteiger partial charge in [0.1, 0.15) is 11.6 Å². The molecule has 1 amide bonds. The van der Waals surface area contributed by atoms with Crippen LogP contribution in [-0.2, 0) is 11.3 Å². The van der Waals surface area contributed by atoms with Crippen LogP contribution in [0.5, 0.6) is 5.75 Å². The Morgan fingerprint density at radius 3 is 2.67 bits per heavy atom. The zero-order chi connectivity index (χ0) is 15.2. The van der Waals surface area contributed by atoms with Crippen molar-refractivity contribution in [2.24, 2.45) is 5.73 Å². The van der Waals surface area contributed by atoms with Crippen molar-refractivity contribution in [1.82, 2.24) is 9.78 Å². The normalized spacial score (nSPS) is 10.7. The number of hydrogen-bond donors (Lipinski definition) is 2. The van der Waals surface area contributed by atoms with Gasteiger partial charge >= 0.3 is 0 Å². The fourth-order valence-electron chi connectivity index (χ4n) is 1.87. The number of amides is 1. The van der Waals surface area contributed by atoms with Crippen LogP contribution in [-0.4, -0.2) is 22.3 Å². The first-order valence-electron chi connectivity index (χ1n) is 6.85. The lowest BCUT2D eigenvalue weighted by molar-refractivity contribution is -0.118. The number of nitrogens with two attached hydrogens (primary N) is 1. The second-order valence-electron chi connectivity index (χ2n) is 4.94. The smallest absolute Gasteiger partial charge is 0.263 e. The van der Waals surface area contributed by atoms with Gasteiger partial charge in [-0.15, -0.1) is 0 Å². The molecule has 0 fully saturated rings. The number of nitrogens with one attached hydrogen (secondary N) is 1. The van der Waals surface area contributed by atoms with Crippen LogP contribution in [0.4, 0.5) is 5.82 Å². The first kappa shape index (κ1) is 15.1. The molecule has 1 heterocycles. The zero-order valence-corrected chi connectivity index (χ0v) is 12.2. The Labute approximate surface area is 123 Å². The predicted octanol–water partition coefficient (Wildman–Crippen LogP) is 1.94. The van der Waals surface area contributed by atoms with Crippen molar-refractivity contribution in [3.63, 3.8) is 0 Å². The molecule has 1 aromatic carbocycles. The topological polar surface area (TPSA) is 82.2 Å². The lowest BCUT2D eigenvalue weighted by atomic mass is 10.2. The van der Waals surface area contributed by atoms with E-state index in [2.05, 4.69) is 10.4 Å². The van der Waals surface area contributed by atoms with Crippen LogP contribution in [0.3, 0.4) is 0 Å². The molecule has 21 heavy (non-hydrogen) atoms. The Morgan fingerprint density at radius 2 is 2.05 bits per heavy atom. The number of carbonyl (C=O) groups excluding carboxylic acids is 1. The summed E-state index contributed by atoms with van der Waals surface area (Å²) in [5.74, 6) is 1.08. The Bertz CT molecular complexity index is 590. The van der Waals surface area contributed by atoms with E-state index in [1.807, 2.05) is 26.0 Å². The maximum Gasteiger partial charge on any atom is 0.263 e. The molecule has 112 valence electrons. The number of ether oxygens (including phenoxy) is 1. The molecule has 0 spiro atoms. The Balaban J connectivity index is 1.88. The molecule has 0 atom stereocenters. The molecular weight excluding hydrogens is 268 g/mol. The van der Waals surface area contributed by atoms with Crippen LogP contribution >= 0.6 is 0 Å². The van der Waals surface area contributed by atoms with Gasteiger partial charge in [0.15, 0.2) is 6.61 Å². The molecule has 0 unspecified atom stereocenters. The van der Waals surface area contributed by atoms with E-state index in [9.17, 15) is 4.79 Å². The number of benzene rings is 1. The van der Waals surface area contributed by atoms with E-state index in [1.54, 1.807) is 29.1 Å². The predicted molar refractivity (Wildman–Crippen MR) is 81.1 cm³/mol. The molecular formula is C15H20N4O2. The van der Waals surface area contributed by atoms with Gasteiger partial charge in [-0.1, -0.05) is 12.1 Å². The molecule has 0 saturated carbocycles. The number of carbonyl (C=O) groups is 1. The number of nitrogens with zero attached hydrogens (tertiary/aromatic N) is 2. The van der Waals surface area contributed by atoms with Crippen molar-refractivity contribution in [2.75, 3.05) is 11.9 Å². The van der Waals surface area contributed by atoms with E-state index in [1.165, 1.54) is 0 Å². The summed E-state index contributed by atoms with van der Waals surface area (Å²) in [5.41, 5.74) is 6.54. The highest BCUT2D eigenvalue weighted by Crippen LogP contribution is 2.14. The van der Waals surface area contributed by atoms with Crippen molar-refractivity contribution in [3.05, 3.63) is 42.1 Å². The van der Waals surface area contributed by atoms with Crippen LogP contribution in [0.25, 0.3) is 0 Å². The minimum absolute atomic E-state index is 0.0504. The quantitative estimate of drug-likeness (QED) is 0.851. The molecule has 6 nitrogen and oxygen atoms in total. The number of rotatable bonds is 6. The minimum Gasteiger partial charge on any atom is -0.484 e. The van der Waals surface area contributed by atoms with Gasteiger partial charge in [0, 0.05) is 18.7 Å². The number of anilines is 1. The zero-order valence-electron chi connectivity index (χ0n) is 12.2. The van der Waals surface area contributed by atoms with Gasteiger partial charge in [0.05, 0.1) is 6.20 Å². The van der Waals surface area contributed by atoms with Crippen LogP contribution in [0.1, 0.15) is 25.5 Å². The monoisotopic (exact) mass is 288 g/mol. The summed E-state index contributed by atoms with van der Waals surface area (Å²) in [4.78, 5) is 11.9. The molecule has 1 aromatic heterocycles. The van der Waals surface area contributed by atoms with Gasteiger partial charge < -0.3 is 15.8 Å². The Morgan fingerprint density at radius 1 is 1.33 bits per heavy atom. The highest BCUT2D eigenvalue weighted by molar-refractivity contribution is 5.91. The molecule has 0 bridgehead atoms. The average molecular weight is 288 g/mol. The van der Waals surface area contributed by atoms with Crippen molar-refractivity contribution < 1.29 is 9.53 Å². The van der Waals surface area contributed by atoms with Crippen molar-refractivity contribution in [2.45, 2.75) is 26.4 Å². The van der Waals surface area contributed by atoms with E-state index in [4.69, 9.17) is 10.5 Å². The van der Waals surface area contributed by atoms with Gasteiger partial charge in [-0.25, -0.2) is 4.68 Å². The van der Waals surface area contributed by atoms with Gasteiger partial charge in [-0.2, -0.15) is 5.10 Å². The molecule has 2 rings (SSSR count). The molecule has 0 aliphatic heterocycles. The first-order valence-corrected chi connectivity index (χ1v) is 6.85. The number of aromatic nitrogens is 2. The van der Waals surface area contributed by atoms with E-state index in [0.29, 0.717) is 18.1 Å². The summed E-state index contributed by atoms with van der Waals surface area (Å²) >= 11 is 0. The third kappa shape index (κ3) is 4.06. The maximum atomic E-state index is 11.9. The third-order valence-electron chi connectivity index (χ3n) is 2.96. The molecule has 2 aromatic rings.